The van der Waals surface area contributed by atoms with Gasteiger partial charge in [-0.1, -0.05) is 0 Å². The maximum atomic E-state index is 13.2. The Morgan fingerprint density at radius 3 is 2.29 bits per heavy atom. The Balaban J connectivity index is 1.76. The molecule has 2 N–H and O–H groups in total. The minimum atomic E-state index is -0.723. The number of rotatable bonds is 4. The van der Waals surface area contributed by atoms with Gasteiger partial charge in [0.1, 0.15) is 11.3 Å². The van der Waals surface area contributed by atoms with Crippen molar-refractivity contribution in [2.24, 2.45) is 7.05 Å². The maximum absolute atomic E-state index is 13.2. The first-order valence-corrected chi connectivity index (χ1v) is 9.45. The molecule has 2 aromatic carbocycles. The van der Waals surface area contributed by atoms with Gasteiger partial charge in [0.05, 0.1) is 16.8 Å². The maximum Gasteiger partial charge on any atom is 0.333 e. The molecule has 0 aliphatic heterocycles. The Bertz CT molecular complexity index is 1400. The summed E-state index contributed by atoms with van der Waals surface area (Å²) in [5.41, 5.74) is 0.901. The summed E-state index contributed by atoms with van der Waals surface area (Å²) < 4.78 is 15.6. The van der Waals surface area contributed by atoms with E-state index in [-0.39, 0.29) is 22.3 Å². The van der Waals surface area contributed by atoms with E-state index in [1.807, 2.05) is 31.1 Å². The molecule has 0 saturated carbocycles. The van der Waals surface area contributed by atoms with Crippen LogP contribution in [-0.4, -0.2) is 34.1 Å². The van der Waals surface area contributed by atoms with Gasteiger partial charge in [-0.15, -0.1) is 0 Å². The number of aryl methyl sites for hydroxylation is 1. The number of H-pyrrole nitrogens is 1. The van der Waals surface area contributed by atoms with E-state index >= 15 is 0 Å². The lowest BCUT2D eigenvalue weighted by Gasteiger charge is -2.13. The van der Waals surface area contributed by atoms with E-state index < -0.39 is 23.0 Å². The molecule has 0 aliphatic rings. The number of anilines is 2. The van der Waals surface area contributed by atoms with Crippen molar-refractivity contribution in [1.29, 1.82) is 0 Å². The van der Waals surface area contributed by atoms with Crippen LogP contribution in [0, 0.1) is 5.82 Å². The standard InChI is InChI=1S/C22H20FN5O3/c1-26(2)15-10-6-14(7-11-15)24-20(29)17-12-27(3)19-18(17)25-22(31)28(21(19)30)16-8-4-13(23)5-9-16/h4-12H,1-3H3,(H,24,29)(H,25,31). The summed E-state index contributed by atoms with van der Waals surface area (Å²) in [5, 5.41) is 2.78. The summed E-state index contributed by atoms with van der Waals surface area (Å²) >= 11 is 0. The fourth-order valence-corrected chi connectivity index (χ4v) is 3.41. The average molecular weight is 421 g/mol. The van der Waals surface area contributed by atoms with Gasteiger partial charge in [0.2, 0.25) is 0 Å². The van der Waals surface area contributed by atoms with E-state index in [9.17, 15) is 18.8 Å². The number of nitrogens with zero attached hydrogens (tertiary/aromatic N) is 3. The van der Waals surface area contributed by atoms with Crippen molar-refractivity contribution in [2.75, 3.05) is 24.3 Å². The van der Waals surface area contributed by atoms with Crippen LogP contribution in [0.3, 0.4) is 0 Å². The zero-order valence-electron chi connectivity index (χ0n) is 17.1. The van der Waals surface area contributed by atoms with Gasteiger partial charge in [0.25, 0.3) is 11.5 Å². The van der Waals surface area contributed by atoms with Crippen molar-refractivity contribution in [3.05, 3.63) is 86.9 Å². The molecule has 0 bridgehead atoms. The number of amides is 1. The average Bonchev–Trinajstić information content (AvgIpc) is 3.06. The van der Waals surface area contributed by atoms with E-state index in [1.165, 1.54) is 22.9 Å². The third-order valence-corrected chi connectivity index (χ3v) is 4.99. The van der Waals surface area contributed by atoms with Crippen LogP contribution in [0.25, 0.3) is 16.7 Å². The molecular weight excluding hydrogens is 401 g/mol. The van der Waals surface area contributed by atoms with Gasteiger partial charge in [-0.2, -0.15) is 0 Å². The Kier molecular flexibility index (Phi) is 4.94. The van der Waals surface area contributed by atoms with Crippen LogP contribution in [0.1, 0.15) is 10.4 Å². The molecule has 0 spiro atoms. The zero-order valence-corrected chi connectivity index (χ0v) is 17.1. The molecule has 0 unspecified atom stereocenters. The third kappa shape index (κ3) is 3.61. The van der Waals surface area contributed by atoms with E-state index in [0.29, 0.717) is 5.69 Å². The number of benzene rings is 2. The molecule has 0 aliphatic carbocycles. The van der Waals surface area contributed by atoms with Crippen LogP contribution >= 0.6 is 0 Å². The van der Waals surface area contributed by atoms with E-state index in [2.05, 4.69) is 10.3 Å². The molecule has 9 heteroatoms. The summed E-state index contributed by atoms with van der Waals surface area (Å²) in [6, 6.07) is 12.3. The van der Waals surface area contributed by atoms with Crippen LogP contribution in [0.2, 0.25) is 0 Å². The highest BCUT2D eigenvalue weighted by Crippen LogP contribution is 2.19. The summed E-state index contributed by atoms with van der Waals surface area (Å²) in [5.74, 6) is -0.941. The van der Waals surface area contributed by atoms with Crippen molar-refractivity contribution in [3.63, 3.8) is 0 Å². The summed E-state index contributed by atoms with van der Waals surface area (Å²) in [6.45, 7) is 0. The van der Waals surface area contributed by atoms with Crippen molar-refractivity contribution in [1.82, 2.24) is 14.1 Å². The number of aromatic nitrogens is 3. The molecule has 2 aromatic heterocycles. The second kappa shape index (κ2) is 7.60. The zero-order chi connectivity index (χ0) is 22.3. The number of fused-ring (bicyclic) bond motifs is 1. The minimum absolute atomic E-state index is 0.137. The molecule has 158 valence electrons. The third-order valence-electron chi connectivity index (χ3n) is 4.99. The number of hydrogen-bond acceptors (Lipinski definition) is 4. The molecular formula is C22H20FN5O3. The van der Waals surface area contributed by atoms with E-state index in [0.717, 1.165) is 22.4 Å². The van der Waals surface area contributed by atoms with E-state index in [1.54, 1.807) is 19.2 Å². The lowest BCUT2D eigenvalue weighted by atomic mass is 10.2. The highest BCUT2D eigenvalue weighted by atomic mass is 19.1. The number of aromatic amines is 1. The fourth-order valence-electron chi connectivity index (χ4n) is 3.41. The highest BCUT2D eigenvalue weighted by molar-refractivity contribution is 6.11. The van der Waals surface area contributed by atoms with Crippen molar-refractivity contribution < 1.29 is 9.18 Å². The van der Waals surface area contributed by atoms with Crippen molar-refractivity contribution in [3.8, 4) is 5.69 Å². The number of hydrogen-bond donors (Lipinski definition) is 2. The molecule has 2 heterocycles. The molecule has 0 atom stereocenters. The predicted molar refractivity (Wildman–Crippen MR) is 118 cm³/mol. The second-order valence-electron chi connectivity index (χ2n) is 7.32. The number of nitrogens with one attached hydrogen (secondary N) is 2. The van der Waals surface area contributed by atoms with E-state index in [4.69, 9.17) is 0 Å². The quantitative estimate of drug-likeness (QED) is 0.530. The summed E-state index contributed by atoms with van der Waals surface area (Å²) in [7, 11) is 5.44. The Labute approximate surface area is 176 Å². The van der Waals surface area contributed by atoms with Crippen LogP contribution in [-0.2, 0) is 7.05 Å². The lowest BCUT2D eigenvalue weighted by Crippen LogP contribution is -2.34. The van der Waals surface area contributed by atoms with Gasteiger partial charge in [-0.3, -0.25) is 9.59 Å². The van der Waals surface area contributed by atoms with Gasteiger partial charge in [-0.25, -0.2) is 13.8 Å². The van der Waals surface area contributed by atoms with Gasteiger partial charge in [-0.05, 0) is 48.5 Å². The predicted octanol–water partition coefficient (Wildman–Crippen LogP) is 2.47. The smallest absolute Gasteiger partial charge is 0.333 e. The molecule has 0 radical (unpaired) electrons. The lowest BCUT2D eigenvalue weighted by molar-refractivity contribution is 0.102. The van der Waals surface area contributed by atoms with Crippen LogP contribution in [0.5, 0.6) is 0 Å². The van der Waals surface area contributed by atoms with Gasteiger partial charge in [0.15, 0.2) is 0 Å². The first-order valence-electron chi connectivity index (χ1n) is 9.45. The molecule has 0 fully saturated rings. The van der Waals surface area contributed by atoms with Crippen molar-refractivity contribution in [2.45, 2.75) is 0 Å². The molecule has 1 amide bonds. The van der Waals surface area contributed by atoms with Crippen molar-refractivity contribution >= 4 is 28.3 Å². The fraction of sp³-hybridized carbons (Fsp3) is 0.136. The SMILES string of the molecule is CN(C)c1ccc(NC(=O)c2cn(C)c3c(=O)n(-c4ccc(F)cc4)c(=O)[nH]c23)cc1. The minimum Gasteiger partial charge on any atom is -0.378 e. The number of halogens is 1. The van der Waals surface area contributed by atoms with Gasteiger partial charge < -0.3 is 19.8 Å². The Morgan fingerprint density at radius 2 is 1.68 bits per heavy atom. The van der Waals surface area contributed by atoms with Crippen LogP contribution in [0.4, 0.5) is 15.8 Å². The summed E-state index contributed by atoms with van der Waals surface area (Å²) in [4.78, 5) is 43.1. The Hall–Kier alpha value is -4.14. The molecule has 0 saturated heterocycles. The molecule has 8 nitrogen and oxygen atoms in total. The Morgan fingerprint density at radius 1 is 1.03 bits per heavy atom. The topological polar surface area (TPSA) is 92.1 Å². The second-order valence-corrected chi connectivity index (χ2v) is 7.32. The first-order chi connectivity index (χ1) is 14.8. The number of carbonyl (C=O) groups is 1. The summed E-state index contributed by atoms with van der Waals surface area (Å²) in [6.07, 6.45) is 1.49. The molecule has 4 aromatic rings. The molecule has 4 rings (SSSR count). The normalized spacial score (nSPS) is 11.0. The molecule has 31 heavy (non-hydrogen) atoms. The van der Waals surface area contributed by atoms with Crippen LogP contribution in [0.15, 0.2) is 64.3 Å². The first kappa shape index (κ1) is 20.1. The largest absolute Gasteiger partial charge is 0.378 e. The monoisotopic (exact) mass is 421 g/mol. The number of carbonyl (C=O) groups excluding carboxylic acids is 1. The van der Waals surface area contributed by atoms with Gasteiger partial charge >= 0.3 is 5.69 Å². The van der Waals surface area contributed by atoms with Gasteiger partial charge in [0, 0.05) is 38.7 Å². The van der Waals surface area contributed by atoms with Crippen LogP contribution < -0.4 is 21.5 Å². The highest BCUT2D eigenvalue weighted by Gasteiger charge is 2.20.